The number of benzene rings is 1. The van der Waals surface area contributed by atoms with Gasteiger partial charge >= 0.3 is 6.03 Å². The van der Waals surface area contributed by atoms with Gasteiger partial charge in [-0.2, -0.15) is 0 Å². The van der Waals surface area contributed by atoms with Crippen LogP contribution in [0.2, 0.25) is 0 Å². The molecule has 4 amide bonds. The molecular formula is C17H20FN3O3. The van der Waals surface area contributed by atoms with E-state index in [4.69, 9.17) is 0 Å². The average molecular weight is 333 g/mol. The number of halogens is 1. The van der Waals surface area contributed by atoms with Crippen molar-refractivity contribution in [3.05, 3.63) is 35.6 Å². The Morgan fingerprint density at radius 1 is 1.38 bits per heavy atom. The van der Waals surface area contributed by atoms with E-state index in [0.29, 0.717) is 0 Å². The number of urea groups is 1. The molecule has 3 rings (SSSR count). The molecule has 7 heteroatoms. The third kappa shape index (κ3) is 2.98. The fourth-order valence-corrected chi connectivity index (χ4v) is 3.06. The Balaban J connectivity index is 1.61. The normalized spacial score (nSPS) is 24.7. The van der Waals surface area contributed by atoms with Crippen molar-refractivity contribution in [1.29, 1.82) is 0 Å². The summed E-state index contributed by atoms with van der Waals surface area (Å²) < 4.78 is 12.9. The molecule has 0 spiro atoms. The minimum absolute atomic E-state index is 0.153. The van der Waals surface area contributed by atoms with Crippen LogP contribution in [0.1, 0.15) is 38.3 Å². The number of carbonyl (C=O) groups is 3. The number of imide groups is 1. The van der Waals surface area contributed by atoms with Crippen molar-refractivity contribution in [3.8, 4) is 0 Å². The molecule has 128 valence electrons. The first kappa shape index (κ1) is 16.4. The standard InChI is InChI=1S/C17H20FN3O3/c1-10(11-3-7-13(18)8-4-11)19-14(22)9-21-15(23)17(2,12-5-6-12)20-16(21)24/h3-4,7-8,10,12H,5-6,9H2,1-2H3,(H,19,22)(H,20,24)/t10-,17-/m0/s1. The minimum atomic E-state index is -0.889. The lowest BCUT2D eigenvalue weighted by Gasteiger charge is -2.21. The van der Waals surface area contributed by atoms with Gasteiger partial charge in [0.2, 0.25) is 5.91 Å². The molecule has 1 heterocycles. The van der Waals surface area contributed by atoms with Gasteiger partial charge < -0.3 is 10.6 Å². The van der Waals surface area contributed by atoms with Gasteiger partial charge in [0, 0.05) is 0 Å². The molecule has 24 heavy (non-hydrogen) atoms. The summed E-state index contributed by atoms with van der Waals surface area (Å²) in [6.45, 7) is 3.15. The Bertz CT molecular complexity index is 687. The Labute approximate surface area is 139 Å². The van der Waals surface area contributed by atoms with E-state index in [-0.39, 0.29) is 30.2 Å². The second kappa shape index (κ2) is 5.89. The van der Waals surface area contributed by atoms with Crippen molar-refractivity contribution in [2.45, 2.75) is 38.3 Å². The summed E-state index contributed by atoms with van der Waals surface area (Å²) in [7, 11) is 0. The van der Waals surface area contributed by atoms with Crippen LogP contribution >= 0.6 is 0 Å². The quantitative estimate of drug-likeness (QED) is 0.806. The highest BCUT2D eigenvalue weighted by Gasteiger charge is 2.56. The van der Waals surface area contributed by atoms with Crippen LogP contribution in [0.15, 0.2) is 24.3 Å². The number of rotatable bonds is 5. The van der Waals surface area contributed by atoms with E-state index in [9.17, 15) is 18.8 Å². The zero-order chi connectivity index (χ0) is 17.5. The number of nitrogens with zero attached hydrogens (tertiary/aromatic N) is 1. The summed E-state index contributed by atoms with van der Waals surface area (Å²) in [6.07, 6.45) is 1.81. The van der Waals surface area contributed by atoms with Crippen molar-refractivity contribution in [2.24, 2.45) is 5.92 Å². The highest BCUT2D eigenvalue weighted by molar-refractivity contribution is 6.09. The SMILES string of the molecule is C[C@H](NC(=O)CN1C(=O)N[C@@](C)(C2CC2)C1=O)c1ccc(F)cc1. The third-order valence-corrected chi connectivity index (χ3v) is 4.74. The molecule has 1 aromatic carbocycles. The first-order chi connectivity index (χ1) is 11.3. The Hall–Kier alpha value is -2.44. The van der Waals surface area contributed by atoms with Crippen molar-refractivity contribution in [3.63, 3.8) is 0 Å². The first-order valence-corrected chi connectivity index (χ1v) is 8.00. The molecule has 2 N–H and O–H groups in total. The van der Waals surface area contributed by atoms with Gasteiger partial charge in [0.1, 0.15) is 17.9 Å². The summed E-state index contributed by atoms with van der Waals surface area (Å²) in [5.74, 6) is -0.980. The molecule has 2 atom stereocenters. The lowest BCUT2D eigenvalue weighted by Crippen LogP contribution is -2.47. The van der Waals surface area contributed by atoms with Crippen LogP contribution in [-0.2, 0) is 9.59 Å². The molecule has 0 bridgehead atoms. The van der Waals surface area contributed by atoms with E-state index in [0.717, 1.165) is 23.3 Å². The molecule has 0 radical (unpaired) electrons. The predicted molar refractivity (Wildman–Crippen MR) is 84.3 cm³/mol. The topological polar surface area (TPSA) is 78.5 Å². The van der Waals surface area contributed by atoms with Gasteiger partial charge in [0.25, 0.3) is 5.91 Å². The van der Waals surface area contributed by atoms with Crippen LogP contribution in [0.5, 0.6) is 0 Å². The van der Waals surface area contributed by atoms with E-state index in [1.807, 2.05) is 0 Å². The van der Waals surface area contributed by atoms with Crippen LogP contribution in [0.3, 0.4) is 0 Å². The van der Waals surface area contributed by atoms with Crippen LogP contribution in [0, 0.1) is 11.7 Å². The molecular weight excluding hydrogens is 313 g/mol. The number of carbonyl (C=O) groups excluding carboxylic acids is 3. The van der Waals surface area contributed by atoms with Gasteiger partial charge in [-0.15, -0.1) is 0 Å². The van der Waals surface area contributed by atoms with Gasteiger partial charge in [-0.05, 0) is 50.3 Å². The molecule has 0 unspecified atom stereocenters. The first-order valence-electron chi connectivity index (χ1n) is 8.00. The summed E-state index contributed by atoms with van der Waals surface area (Å²) in [5, 5.41) is 5.42. The lowest BCUT2D eigenvalue weighted by molar-refractivity contribution is -0.135. The number of hydrogen-bond donors (Lipinski definition) is 2. The predicted octanol–water partition coefficient (Wildman–Crippen LogP) is 1.72. The molecule has 1 saturated heterocycles. The van der Waals surface area contributed by atoms with Crippen molar-refractivity contribution in [1.82, 2.24) is 15.5 Å². The molecule has 1 aliphatic heterocycles. The van der Waals surface area contributed by atoms with Crippen molar-refractivity contribution in [2.75, 3.05) is 6.54 Å². The van der Waals surface area contributed by atoms with E-state index < -0.39 is 17.5 Å². The fourth-order valence-electron chi connectivity index (χ4n) is 3.06. The summed E-state index contributed by atoms with van der Waals surface area (Å²) >= 11 is 0. The molecule has 1 aromatic rings. The average Bonchev–Trinajstić information content (AvgIpc) is 3.34. The maximum Gasteiger partial charge on any atom is 0.325 e. The Morgan fingerprint density at radius 3 is 2.58 bits per heavy atom. The van der Waals surface area contributed by atoms with Crippen LogP contribution in [0.25, 0.3) is 0 Å². The lowest BCUT2D eigenvalue weighted by atomic mass is 9.96. The highest BCUT2D eigenvalue weighted by Crippen LogP contribution is 2.42. The van der Waals surface area contributed by atoms with Gasteiger partial charge in [-0.25, -0.2) is 9.18 Å². The van der Waals surface area contributed by atoms with E-state index in [1.54, 1.807) is 26.0 Å². The summed E-state index contributed by atoms with van der Waals surface area (Å²) in [6, 6.07) is 4.91. The van der Waals surface area contributed by atoms with E-state index in [1.165, 1.54) is 12.1 Å². The number of hydrogen-bond acceptors (Lipinski definition) is 3. The largest absolute Gasteiger partial charge is 0.348 e. The molecule has 0 aromatic heterocycles. The molecule has 2 aliphatic rings. The van der Waals surface area contributed by atoms with Gasteiger partial charge in [-0.3, -0.25) is 14.5 Å². The summed E-state index contributed by atoms with van der Waals surface area (Å²) in [5.41, 5.74) is -0.148. The minimum Gasteiger partial charge on any atom is -0.348 e. The Morgan fingerprint density at radius 2 is 2.00 bits per heavy atom. The van der Waals surface area contributed by atoms with Crippen molar-refractivity contribution < 1.29 is 18.8 Å². The maximum atomic E-state index is 12.9. The molecule has 1 saturated carbocycles. The molecule has 6 nitrogen and oxygen atoms in total. The van der Waals surface area contributed by atoms with Crippen LogP contribution < -0.4 is 10.6 Å². The third-order valence-electron chi connectivity index (χ3n) is 4.74. The monoisotopic (exact) mass is 333 g/mol. The van der Waals surface area contributed by atoms with Crippen LogP contribution in [0.4, 0.5) is 9.18 Å². The molecule has 1 aliphatic carbocycles. The fraction of sp³-hybridized carbons (Fsp3) is 0.471. The Kier molecular flexibility index (Phi) is 4.03. The van der Waals surface area contributed by atoms with Gasteiger partial charge in [-0.1, -0.05) is 12.1 Å². The number of nitrogens with one attached hydrogen (secondary N) is 2. The zero-order valence-corrected chi connectivity index (χ0v) is 13.6. The second-order valence-electron chi connectivity index (χ2n) is 6.64. The summed E-state index contributed by atoms with van der Waals surface area (Å²) in [4.78, 5) is 37.6. The molecule has 2 fully saturated rings. The second-order valence-corrected chi connectivity index (χ2v) is 6.64. The van der Waals surface area contributed by atoms with Gasteiger partial charge in [0.05, 0.1) is 6.04 Å². The zero-order valence-electron chi connectivity index (χ0n) is 13.6. The number of amides is 4. The smallest absolute Gasteiger partial charge is 0.325 e. The van der Waals surface area contributed by atoms with E-state index in [2.05, 4.69) is 10.6 Å². The highest BCUT2D eigenvalue weighted by atomic mass is 19.1. The van der Waals surface area contributed by atoms with Gasteiger partial charge in [0.15, 0.2) is 0 Å². The van der Waals surface area contributed by atoms with Crippen molar-refractivity contribution >= 4 is 17.8 Å². The maximum absolute atomic E-state index is 12.9. The van der Waals surface area contributed by atoms with E-state index >= 15 is 0 Å². The van der Waals surface area contributed by atoms with Crippen LogP contribution in [-0.4, -0.2) is 34.8 Å².